The first-order valence-corrected chi connectivity index (χ1v) is 9.31. The number of nitrogens with zero attached hydrogens (tertiary/aromatic N) is 4. The molecule has 0 N–H and O–H groups in total. The lowest BCUT2D eigenvalue weighted by atomic mass is 10.2. The van der Waals surface area contributed by atoms with E-state index in [1.165, 1.54) is 11.3 Å². The van der Waals surface area contributed by atoms with E-state index in [0.717, 1.165) is 15.8 Å². The standard InChI is InChI=1S/C17H13BrN4O2S/c18-12-3-1-2-11-9-22(6-7-24-15(11)12)17(23)14-10-25-16(21-14)13-8-19-4-5-20-13/h1-5,8,10H,6-7,9H2. The molecule has 0 spiro atoms. The second-order valence-corrected chi connectivity index (χ2v) is 7.14. The molecule has 0 atom stereocenters. The number of ether oxygens (including phenoxy) is 1. The van der Waals surface area contributed by atoms with Gasteiger partial charge in [-0.05, 0) is 22.0 Å². The number of amides is 1. The molecule has 3 heterocycles. The largest absolute Gasteiger partial charge is 0.490 e. The number of fused-ring (bicyclic) bond motifs is 1. The summed E-state index contributed by atoms with van der Waals surface area (Å²) in [5.41, 5.74) is 2.06. The van der Waals surface area contributed by atoms with Crippen molar-refractivity contribution in [1.82, 2.24) is 19.9 Å². The van der Waals surface area contributed by atoms with Crippen LogP contribution in [0, 0.1) is 0 Å². The van der Waals surface area contributed by atoms with Crippen molar-refractivity contribution in [3.63, 3.8) is 0 Å². The molecule has 8 heteroatoms. The molecule has 0 bridgehead atoms. The molecule has 1 aromatic carbocycles. The fourth-order valence-electron chi connectivity index (χ4n) is 2.62. The van der Waals surface area contributed by atoms with E-state index in [2.05, 4.69) is 30.9 Å². The number of carbonyl (C=O) groups is 1. The maximum Gasteiger partial charge on any atom is 0.273 e. The number of hydrogen-bond acceptors (Lipinski definition) is 6. The van der Waals surface area contributed by atoms with Crippen LogP contribution in [0.25, 0.3) is 10.7 Å². The van der Waals surface area contributed by atoms with Gasteiger partial charge >= 0.3 is 0 Å². The van der Waals surface area contributed by atoms with E-state index in [1.807, 2.05) is 18.2 Å². The van der Waals surface area contributed by atoms with Crippen molar-refractivity contribution in [2.75, 3.05) is 13.2 Å². The number of thiazole rings is 1. The van der Waals surface area contributed by atoms with Crippen LogP contribution in [0.1, 0.15) is 16.1 Å². The van der Waals surface area contributed by atoms with Gasteiger partial charge in [0.2, 0.25) is 0 Å². The molecule has 0 saturated carbocycles. The van der Waals surface area contributed by atoms with E-state index in [-0.39, 0.29) is 5.91 Å². The number of aromatic nitrogens is 3. The minimum atomic E-state index is -0.109. The van der Waals surface area contributed by atoms with Gasteiger partial charge in [-0.1, -0.05) is 12.1 Å². The molecule has 1 amide bonds. The van der Waals surface area contributed by atoms with Gasteiger partial charge in [0.05, 0.1) is 17.2 Å². The summed E-state index contributed by atoms with van der Waals surface area (Å²) in [5.74, 6) is 0.694. The van der Waals surface area contributed by atoms with E-state index < -0.39 is 0 Å². The van der Waals surface area contributed by atoms with Crippen molar-refractivity contribution >= 4 is 33.2 Å². The van der Waals surface area contributed by atoms with Gasteiger partial charge in [0.25, 0.3) is 5.91 Å². The zero-order valence-corrected chi connectivity index (χ0v) is 15.5. The highest BCUT2D eigenvalue weighted by Crippen LogP contribution is 2.32. The summed E-state index contributed by atoms with van der Waals surface area (Å²) < 4.78 is 6.69. The number of carbonyl (C=O) groups excluding carboxylic acids is 1. The van der Waals surface area contributed by atoms with Crippen molar-refractivity contribution in [3.8, 4) is 16.5 Å². The zero-order chi connectivity index (χ0) is 17.2. The third-order valence-corrected chi connectivity index (χ3v) is 5.30. The third-order valence-electron chi connectivity index (χ3n) is 3.81. The summed E-state index contributed by atoms with van der Waals surface area (Å²) in [7, 11) is 0. The maximum atomic E-state index is 12.9. The summed E-state index contributed by atoms with van der Waals surface area (Å²) in [6.45, 7) is 1.45. The van der Waals surface area contributed by atoms with E-state index in [4.69, 9.17) is 4.74 Å². The second kappa shape index (κ2) is 6.89. The molecule has 3 aromatic rings. The predicted octanol–water partition coefficient (Wildman–Crippen LogP) is 3.40. The SMILES string of the molecule is O=C(c1csc(-c2cnccn2)n1)N1CCOc2c(Br)cccc2C1. The Morgan fingerprint density at radius 3 is 3.08 bits per heavy atom. The Kier molecular flexibility index (Phi) is 4.46. The summed E-state index contributed by atoms with van der Waals surface area (Å²) in [6, 6.07) is 5.84. The highest BCUT2D eigenvalue weighted by Gasteiger charge is 2.24. The second-order valence-electron chi connectivity index (χ2n) is 5.43. The predicted molar refractivity (Wildman–Crippen MR) is 97.5 cm³/mol. The van der Waals surface area contributed by atoms with Crippen LogP contribution < -0.4 is 4.74 Å². The van der Waals surface area contributed by atoms with Crippen LogP contribution in [-0.4, -0.2) is 38.9 Å². The third kappa shape index (κ3) is 3.27. The first-order valence-electron chi connectivity index (χ1n) is 7.64. The van der Waals surface area contributed by atoms with Gasteiger partial charge < -0.3 is 9.64 Å². The number of benzene rings is 1. The van der Waals surface area contributed by atoms with Crippen molar-refractivity contribution in [2.24, 2.45) is 0 Å². The first kappa shape index (κ1) is 16.2. The number of hydrogen-bond donors (Lipinski definition) is 0. The van der Waals surface area contributed by atoms with Gasteiger partial charge in [0.15, 0.2) is 0 Å². The van der Waals surface area contributed by atoms with Crippen LogP contribution in [-0.2, 0) is 6.54 Å². The maximum absolute atomic E-state index is 12.9. The van der Waals surface area contributed by atoms with Gasteiger partial charge in [-0.25, -0.2) is 4.98 Å². The molecular formula is C17H13BrN4O2S. The summed E-state index contributed by atoms with van der Waals surface area (Å²) in [5, 5.41) is 2.45. The molecule has 1 aliphatic heterocycles. The Morgan fingerprint density at radius 2 is 2.24 bits per heavy atom. The van der Waals surface area contributed by atoms with Gasteiger partial charge in [0, 0.05) is 29.9 Å². The molecule has 1 aliphatic rings. The highest BCUT2D eigenvalue weighted by molar-refractivity contribution is 9.10. The molecule has 0 saturated heterocycles. The lowest BCUT2D eigenvalue weighted by molar-refractivity contribution is 0.0728. The molecule has 2 aromatic heterocycles. The smallest absolute Gasteiger partial charge is 0.273 e. The van der Waals surface area contributed by atoms with E-state index >= 15 is 0 Å². The molecule has 126 valence electrons. The Bertz CT molecular complexity index is 916. The van der Waals surface area contributed by atoms with E-state index in [1.54, 1.807) is 28.9 Å². The van der Waals surface area contributed by atoms with E-state index in [9.17, 15) is 4.79 Å². The minimum Gasteiger partial charge on any atom is -0.490 e. The van der Waals surface area contributed by atoms with Gasteiger partial charge in [0.1, 0.15) is 28.8 Å². The van der Waals surface area contributed by atoms with Gasteiger partial charge in [-0.3, -0.25) is 14.8 Å². The molecule has 6 nitrogen and oxygen atoms in total. The Hall–Kier alpha value is -2.32. The molecule has 25 heavy (non-hydrogen) atoms. The zero-order valence-electron chi connectivity index (χ0n) is 13.1. The van der Waals surface area contributed by atoms with Gasteiger partial charge in [-0.2, -0.15) is 0 Å². The van der Waals surface area contributed by atoms with Crippen molar-refractivity contribution < 1.29 is 9.53 Å². The molecule has 0 aliphatic carbocycles. The normalized spacial score (nSPS) is 13.7. The fraction of sp³-hybridized carbons (Fsp3) is 0.176. The van der Waals surface area contributed by atoms with Crippen LogP contribution in [0.4, 0.5) is 0 Å². The van der Waals surface area contributed by atoms with Crippen LogP contribution >= 0.6 is 27.3 Å². The quantitative estimate of drug-likeness (QED) is 0.640. The van der Waals surface area contributed by atoms with Crippen molar-refractivity contribution in [1.29, 1.82) is 0 Å². The van der Waals surface area contributed by atoms with Crippen LogP contribution in [0.15, 0.2) is 46.6 Å². The lowest BCUT2D eigenvalue weighted by Gasteiger charge is -2.18. The summed E-state index contributed by atoms with van der Waals surface area (Å²) >= 11 is 4.88. The van der Waals surface area contributed by atoms with Crippen LogP contribution in [0.3, 0.4) is 0 Å². The number of para-hydroxylation sites is 1. The summed E-state index contributed by atoms with van der Waals surface area (Å²) in [4.78, 5) is 27.3. The van der Waals surface area contributed by atoms with Crippen LogP contribution in [0.2, 0.25) is 0 Å². The number of rotatable bonds is 2. The molecule has 0 unspecified atom stereocenters. The molecular weight excluding hydrogens is 404 g/mol. The van der Waals surface area contributed by atoms with Crippen molar-refractivity contribution in [3.05, 3.63) is 57.9 Å². The Labute approximate surface area is 156 Å². The molecule has 0 fully saturated rings. The first-order chi connectivity index (χ1) is 12.2. The topological polar surface area (TPSA) is 68.2 Å². The van der Waals surface area contributed by atoms with Gasteiger partial charge in [-0.15, -0.1) is 11.3 Å². The summed E-state index contributed by atoms with van der Waals surface area (Å²) in [6.07, 6.45) is 4.86. The lowest BCUT2D eigenvalue weighted by Crippen LogP contribution is -2.32. The average molecular weight is 417 g/mol. The minimum absolute atomic E-state index is 0.109. The fourth-order valence-corrected chi connectivity index (χ4v) is 3.89. The molecule has 0 radical (unpaired) electrons. The van der Waals surface area contributed by atoms with E-state index in [0.29, 0.717) is 36.1 Å². The van der Waals surface area contributed by atoms with Crippen molar-refractivity contribution in [2.45, 2.75) is 6.54 Å². The highest BCUT2D eigenvalue weighted by atomic mass is 79.9. The Balaban J connectivity index is 1.58. The monoisotopic (exact) mass is 416 g/mol. The average Bonchev–Trinajstić information content (AvgIpc) is 3.03. The number of halogens is 1. The Morgan fingerprint density at radius 1 is 1.32 bits per heavy atom. The van der Waals surface area contributed by atoms with Crippen LogP contribution in [0.5, 0.6) is 5.75 Å². The molecule has 4 rings (SSSR count).